The number of rotatable bonds is 12. The molecule has 2 aliphatic heterocycles. The van der Waals surface area contributed by atoms with E-state index >= 15 is 0 Å². The number of carbonyl (C=O) groups excluding carboxylic acids is 1. The number of esters is 1. The Labute approximate surface area is 260 Å². The van der Waals surface area contributed by atoms with Crippen molar-refractivity contribution >= 4 is 27.3 Å². The molecule has 0 unspecified atom stereocenters. The first kappa shape index (κ1) is 31.3. The second-order valence-electron chi connectivity index (χ2n) is 11.3. The number of cyclic esters (lactones) is 1. The lowest BCUT2D eigenvalue weighted by Gasteiger charge is -2.38. The van der Waals surface area contributed by atoms with Crippen molar-refractivity contribution in [2.45, 2.75) is 57.5 Å². The van der Waals surface area contributed by atoms with Gasteiger partial charge in [0.15, 0.2) is 5.03 Å². The zero-order valence-electron chi connectivity index (χ0n) is 25.3. The van der Waals surface area contributed by atoms with Gasteiger partial charge in [-0.3, -0.25) is 0 Å². The minimum absolute atomic E-state index is 0.00836. The highest BCUT2D eigenvalue weighted by atomic mass is 32.2. The summed E-state index contributed by atoms with van der Waals surface area (Å²) in [4.78, 5) is 15.7. The van der Waals surface area contributed by atoms with Crippen molar-refractivity contribution in [1.82, 2.24) is 4.72 Å². The molecule has 0 bridgehead atoms. The summed E-state index contributed by atoms with van der Waals surface area (Å²) in [6.45, 7) is 2.38. The van der Waals surface area contributed by atoms with Gasteiger partial charge < -0.3 is 14.7 Å². The first-order chi connectivity index (χ1) is 21.3. The van der Waals surface area contributed by atoms with Crippen molar-refractivity contribution in [1.29, 1.82) is 0 Å². The Bertz CT molecular complexity index is 1630. The van der Waals surface area contributed by atoms with Crippen molar-refractivity contribution in [2.75, 3.05) is 18.5 Å². The molecule has 3 aromatic carbocycles. The van der Waals surface area contributed by atoms with Gasteiger partial charge in [-0.25, -0.2) is 17.9 Å². The number of carbonyl (C=O) groups is 1. The van der Waals surface area contributed by atoms with Crippen LogP contribution in [0.3, 0.4) is 0 Å². The van der Waals surface area contributed by atoms with Crippen LogP contribution in [0.25, 0.3) is 5.57 Å². The number of ether oxygens (including phenoxy) is 1. The number of sulfonamides is 1. The predicted molar refractivity (Wildman–Crippen MR) is 176 cm³/mol. The molecule has 0 fully saturated rings. The minimum Gasteiger partial charge on any atom is -0.511 e. The van der Waals surface area contributed by atoms with Crippen LogP contribution in [-0.2, 0) is 38.8 Å². The van der Waals surface area contributed by atoms with Crippen molar-refractivity contribution < 1.29 is 23.1 Å². The zero-order chi connectivity index (χ0) is 31.2. The summed E-state index contributed by atoms with van der Waals surface area (Å²) in [5, 5.41) is 11.8. The number of benzene rings is 3. The molecule has 0 amide bonds. The van der Waals surface area contributed by atoms with Gasteiger partial charge >= 0.3 is 5.97 Å². The average Bonchev–Trinajstić information content (AvgIpc) is 3.04. The van der Waals surface area contributed by atoms with E-state index in [9.17, 15) is 18.3 Å². The molecule has 0 aromatic heterocycles. The van der Waals surface area contributed by atoms with E-state index in [4.69, 9.17) is 4.74 Å². The summed E-state index contributed by atoms with van der Waals surface area (Å²) < 4.78 is 34.6. The van der Waals surface area contributed by atoms with Crippen molar-refractivity contribution in [2.24, 2.45) is 0 Å². The van der Waals surface area contributed by atoms with Crippen molar-refractivity contribution in [3.8, 4) is 0 Å². The smallest absolute Gasteiger partial charge is 0.342 e. The van der Waals surface area contributed by atoms with E-state index < -0.39 is 21.6 Å². The molecule has 7 nitrogen and oxygen atoms in total. The summed E-state index contributed by atoms with van der Waals surface area (Å²) >= 11 is 0. The molecule has 2 heterocycles. The second kappa shape index (κ2) is 13.7. The molecule has 8 heteroatoms. The van der Waals surface area contributed by atoms with Gasteiger partial charge in [0.2, 0.25) is 0 Å². The molecule has 0 radical (unpaired) electrons. The number of hydrogen-bond acceptors (Lipinski definition) is 6. The summed E-state index contributed by atoms with van der Waals surface area (Å²) in [6, 6.07) is 25.7. The Morgan fingerprint density at radius 3 is 2.11 bits per heavy atom. The molecule has 0 saturated carbocycles. The van der Waals surface area contributed by atoms with Crippen LogP contribution in [0.1, 0.15) is 54.9 Å². The van der Waals surface area contributed by atoms with Gasteiger partial charge in [0.05, 0.1) is 0 Å². The van der Waals surface area contributed by atoms with Crippen LogP contribution in [0.2, 0.25) is 0 Å². The zero-order valence-corrected chi connectivity index (χ0v) is 26.1. The van der Waals surface area contributed by atoms with Gasteiger partial charge in [-0.1, -0.05) is 98.3 Å². The Hall–Kier alpha value is -4.14. The number of aliphatic hydroxyl groups is 1. The van der Waals surface area contributed by atoms with Gasteiger partial charge in [0, 0.05) is 18.7 Å². The van der Waals surface area contributed by atoms with Crippen LogP contribution >= 0.6 is 0 Å². The van der Waals surface area contributed by atoms with Crippen molar-refractivity contribution in [3.63, 3.8) is 0 Å². The highest BCUT2D eigenvalue weighted by molar-refractivity contribution is 7.93. The van der Waals surface area contributed by atoms with Crippen LogP contribution in [0.15, 0.2) is 108 Å². The maximum atomic E-state index is 14.0. The largest absolute Gasteiger partial charge is 0.511 e. The third-order valence-corrected chi connectivity index (χ3v) is 9.84. The molecular weight excluding hydrogens is 572 g/mol. The minimum atomic E-state index is -3.75. The number of nitrogens with one attached hydrogen (secondary N) is 1. The fourth-order valence-electron chi connectivity index (χ4n) is 6.13. The van der Waals surface area contributed by atoms with Crippen molar-refractivity contribution in [3.05, 3.63) is 130 Å². The number of aliphatic hydroxyl groups excluding tert-OH is 1. The molecule has 0 spiro atoms. The maximum Gasteiger partial charge on any atom is 0.342 e. The second-order valence-corrected chi connectivity index (χ2v) is 13.2. The summed E-state index contributed by atoms with van der Waals surface area (Å²) in [6.07, 6.45) is 9.28. The van der Waals surface area contributed by atoms with E-state index in [2.05, 4.69) is 29.0 Å². The molecular formula is C36H40N2O5S. The topological polar surface area (TPSA) is 95.9 Å². The van der Waals surface area contributed by atoms with E-state index in [0.717, 1.165) is 23.1 Å². The van der Waals surface area contributed by atoms with Gasteiger partial charge in [-0.2, -0.15) is 0 Å². The van der Waals surface area contributed by atoms with Crippen LogP contribution in [0.5, 0.6) is 0 Å². The Morgan fingerprint density at radius 2 is 1.55 bits per heavy atom. The normalized spacial score (nSPS) is 16.5. The Balaban J connectivity index is 1.53. The quantitative estimate of drug-likeness (QED) is 0.223. The van der Waals surface area contributed by atoms with E-state index in [1.807, 2.05) is 61.5 Å². The first-order valence-electron chi connectivity index (χ1n) is 15.2. The van der Waals surface area contributed by atoms with E-state index in [0.29, 0.717) is 49.9 Å². The number of allylic oxidation sites excluding steroid dienone is 2. The number of anilines is 1. The number of nitrogens with zero attached hydrogens (tertiary/aromatic N) is 1. The lowest BCUT2D eigenvalue weighted by molar-refractivity contribution is -0.157. The Kier molecular flexibility index (Phi) is 9.71. The fraction of sp³-hybridized carbons (Fsp3) is 0.306. The average molecular weight is 613 g/mol. The number of hydrogen-bond donors (Lipinski definition) is 2. The summed E-state index contributed by atoms with van der Waals surface area (Å²) in [7, 11) is -2.36. The molecule has 0 saturated heterocycles. The van der Waals surface area contributed by atoms with E-state index in [1.165, 1.54) is 7.05 Å². The standard InChI is InChI=1S/C36H40N2O5S/c1-3-13-29-30(18-12-19-31(29)38-25-11-10-20-33(38)44(41,42)37-2)34-32(39)26-36(43-35(34)40,23-21-27-14-6-4-7-15-27)24-22-28-16-8-5-9-17-28/h4-12,14-20,37,39H,3,13,21-26H2,1-2H3. The van der Waals surface area contributed by atoms with Crippen LogP contribution in [0, 0.1) is 0 Å². The van der Waals surface area contributed by atoms with Crippen LogP contribution < -0.4 is 9.62 Å². The van der Waals surface area contributed by atoms with Crippen LogP contribution in [0.4, 0.5) is 5.69 Å². The maximum absolute atomic E-state index is 14.0. The molecule has 2 N–H and O–H groups in total. The lowest BCUT2D eigenvalue weighted by atomic mass is 9.81. The number of aryl methyl sites for hydroxylation is 2. The SMILES string of the molecule is CCCc1c(C2=C(O)CC(CCc3ccccc3)(CCc3ccccc3)OC2=O)cccc1N1CC=CC=C1S(=O)(=O)NC. The third-order valence-electron chi connectivity index (χ3n) is 8.40. The van der Waals surface area contributed by atoms with Crippen LogP contribution in [-0.4, -0.2) is 38.7 Å². The van der Waals surface area contributed by atoms with Gasteiger partial charge in [-0.15, -0.1) is 0 Å². The van der Waals surface area contributed by atoms with Gasteiger partial charge in [0.25, 0.3) is 10.0 Å². The molecule has 0 atom stereocenters. The van der Waals surface area contributed by atoms with E-state index in [-0.39, 0.29) is 22.8 Å². The monoisotopic (exact) mass is 612 g/mol. The molecule has 0 aliphatic carbocycles. The van der Waals surface area contributed by atoms with Gasteiger partial charge in [-0.05, 0) is 73.5 Å². The first-order valence-corrected chi connectivity index (χ1v) is 16.7. The molecule has 3 aromatic rings. The summed E-state index contributed by atoms with van der Waals surface area (Å²) in [5.74, 6) is -0.546. The molecule has 5 rings (SSSR count). The van der Waals surface area contributed by atoms with E-state index in [1.54, 1.807) is 23.1 Å². The highest BCUT2D eigenvalue weighted by Gasteiger charge is 2.42. The predicted octanol–water partition coefficient (Wildman–Crippen LogP) is 6.63. The fourth-order valence-corrected chi connectivity index (χ4v) is 7.06. The summed E-state index contributed by atoms with van der Waals surface area (Å²) in [5.41, 5.74) is 3.62. The highest BCUT2D eigenvalue weighted by Crippen LogP contribution is 2.42. The Morgan fingerprint density at radius 1 is 0.909 bits per heavy atom. The molecule has 230 valence electrons. The lowest BCUT2D eigenvalue weighted by Crippen LogP contribution is -2.41. The molecule has 44 heavy (non-hydrogen) atoms. The molecule has 2 aliphatic rings. The van der Waals surface area contributed by atoms with Gasteiger partial charge in [0.1, 0.15) is 16.9 Å². The third kappa shape index (κ3) is 6.82.